The topological polar surface area (TPSA) is 79.2 Å². The predicted octanol–water partition coefficient (Wildman–Crippen LogP) is 3.48. The van der Waals surface area contributed by atoms with Gasteiger partial charge >= 0.3 is 5.97 Å². The fraction of sp³-hybridized carbons (Fsp3) is 0.474. The number of aromatic nitrogens is 3. The zero-order valence-corrected chi connectivity index (χ0v) is 14.9. The Morgan fingerprint density at radius 1 is 1.24 bits per heavy atom. The average molecular weight is 340 g/mol. The number of carbonyl (C=O) groups is 1. The largest absolute Gasteiger partial charge is 0.478 e. The van der Waals surface area contributed by atoms with Crippen LogP contribution in [0.5, 0.6) is 0 Å². The van der Waals surface area contributed by atoms with E-state index in [0.717, 1.165) is 24.4 Å². The molecule has 0 aromatic carbocycles. The second-order valence-electron chi connectivity index (χ2n) is 6.84. The van der Waals surface area contributed by atoms with Crippen molar-refractivity contribution >= 4 is 5.97 Å². The molecule has 1 aliphatic heterocycles. The van der Waals surface area contributed by atoms with E-state index >= 15 is 0 Å². The molecule has 2 aromatic heterocycles. The molecule has 6 nitrogen and oxygen atoms in total. The lowest BCUT2D eigenvalue weighted by Gasteiger charge is -2.38. The summed E-state index contributed by atoms with van der Waals surface area (Å²) in [6, 6.07) is 4.34. The molecule has 3 heterocycles. The molecule has 132 valence electrons. The number of carboxylic acids is 1. The Labute approximate surface area is 148 Å². The number of likely N-dealkylation sites (tertiary alicyclic amines) is 1. The van der Waals surface area contributed by atoms with Crippen molar-refractivity contribution in [2.45, 2.75) is 52.1 Å². The van der Waals surface area contributed by atoms with E-state index < -0.39 is 5.97 Å². The molecule has 2 aromatic rings. The van der Waals surface area contributed by atoms with Crippen LogP contribution in [-0.2, 0) is 0 Å². The van der Waals surface area contributed by atoms with E-state index in [2.05, 4.69) is 33.7 Å². The summed E-state index contributed by atoms with van der Waals surface area (Å²) in [5.74, 6) is -0.291. The first-order valence-corrected chi connectivity index (χ1v) is 8.75. The standard InChI is InChI=1S/C19H24N4O2/c1-12(2)23-7-5-4-6-18(23)17-9-16(21-13(3)22-17)14-8-15(19(24)25)11-20-10-14/h8-12,18H,4-7H2,1-3H3,(H,24,25)/t18-/m0/s1. The third-order valence-corrected chi connectivity index (χ3v) is 4.69. The van der Waals surface area contributed by atoms with E-state index in [1.807, 2.05) is 13.0 Å². The van der Waals surface area contributed by atoms with Crippen molar-refractivity contribution in [3.63, 3.8) is 0 Å². The molecular formula is C19H24N4O2. The maximum atomic E-state index is 11.2. The highest BCUT2D eigenvalue weighted by molar-refractivity contribution is 5.88. The summed E-state index contributed by atoms with van der Waals surface area (Å²) < 4.78 is 0. The minimum absolute atomic E-state index is 0.164. The maximum Gasteiger partial charge on any atom is 0.337 e. The summed E-state index contributed by atoms with van der Waals surface area (Å²) in [4.78, 5) is 26.9. The van der Waals surface area contributed by atoms with Crippen molar-refractivity contribution < 1.29 is 9.90 Å². The lowest BCUT2D eigenvalue weighted by atomic mass is 9.96. The van der Waals surface area contributed by atoms with Crippen LogP contribution < -0.4 is 0 Å². The van der Waals surface area contributed by atoms with Gasteiger partial charge in [0.05, 0.1) is 23.0 Å². The van der Waals surface area contributed by atoms with E-state index in [4.69, 9.17) is 0 Å². The summed E-state index contributed by atoms with van der Waals surface area (Å²) in [7, 11) is 0. The zero-order chi connectivity index (χ0) is 18.0. The molecule has 0 unspecified atom stereocenters. The highest BCUT2D eigenvalue weighted by Gasteiger charge is 2.27. The van der Waals surface area contributed by atoms with Crippen molar-refractivity contribution in [3.8, 4) is 11.3 Å². The van der Waals surface area contributed by atoms with Crippen LogP contribution in [0, 0.1) is 6.92 Å². The average Bonchev–Trinajstić information content (AvgIpc) is 2.61. The van der Waals surface area contributed by atoms with Crippen LogP contribution in [0.1, 0.15) is 61.0 Å². The Hall–Kier alpha value is -2.34. The van der Waals surface area contributed by atoms with Gasteiger partial charge in [-0.05, 0) is 52.3 Å². The van der Waals surface area contributed by atoms with Crippen LogP contribution in [0.25, 0.3) is 11.3 Å². The molecule has 0 amide bonds. The third-order valence-electron chi connectivity index (χ3n) is 4.69. The van der Waals surface area contributed by atoms with Gasteiger partial charge in [-0.25, -0.2) is 14.8 Å². The quantitative estimate of drug-likeness (QED) is 0.918. The fourth-order valence-corrected chi connectivity index (χ4v) is 3.50. The number of piperidine rings is 1. The van der Waals surface area contributed by atoms with E-state index in [0.29, 0.717) is 17.4 Å². The van der Waals surface area contributed by atoms with Gasteiger partial charge in [-0.1, -0.05) is 6.42 Å². The molecule has 6 heteroatoms. The number of carboxylic acid groups (broad SMARTS) is 1. The molecule has 1 atom stereocenters. The van der Waals surface area contributed by atoms with Gasteiger partial charge in [0.1, 0.15) is 5.82 Å². The molecule has 0 aliphatic carbocycles. The van der Waals surface area contributed by atoms with Gasteiger partial charge in [0.25, 0.3) is 0 Å². The lowest BCUT2D eigenvalue weighted by Crippen LogP contribution is -2.39. The number of hydrogen-bond acceptors (Lipinski definition) is 5. The molecular weight excluding hydrogens is 316 g/mol. The van der Waals surface area contributed by atoms with E-state index in [9.17, 15) is 9.90 Å². The summed E-state index contributed by atoms with van der Waals surface area (Å²) in [5, 5.41) is 9.19. The number of hydrogen-bond donors (Lipinski definition) is 1. The van der Waals surface area contributed by atoms with Gasteiger partial charge < -0.3 is 5.11 Å². The second-order valence-corrected chi connectivity index (χ2v) is 6.84. The second kappa shape index (κ2) is 7.27. The van der Waals surface area contributed by atoms with Gasteiger partial charge in [-0.15, -0.1) is 0 Å². The Morgan fingerprint density at radius 3 is 2.76 bits per heavy atom. The first-order valence-electron chi connectivity index (χ1n) is 8.75. The van der Waals surface area contributed by atoms with Crippen LogP contribution in [-0.4, -0.2) is 43.5 Å². The number of pyridine rings is 1. The normalized spacial score (nSPS) is 18.5. The van der Waals surface area contributed by atoms with Crippen LogP contribution in [0.4, 0.5) is 0 Å². The number of aromatic carboxylic acids is 1. The molecule has 1 aliphatic rings. The minimum Gasteiger partial charge on any atom is -0.478 e. The van der Waals surface area contributed by atoms with Crippen molar-refractivity contribution in [2.24, 2.45) is 0 Å². The Morgan fingerprint density at radius 2 is 2.04 bits per heavy atom. The summed E-state index contributed by atoms with van der Waals surface area (Å²) >= 11 is 0. The maximum absolute atomic E-state index is 11.2. The van der Waals surface area contributed by atoms with E-state index in [-0.39, 0.29) is 11.6 Å². The molecule has 1 N–H and O–H groups in total. The van der Waals surface area contributed by atoms with Crippen LogP contribution in [0.3, 0.4) is 0 Å². The molecule has 1 fully saturated rings. The number of nitrogens with zero attached hydrogens (tertiary/aromatic N) is 4. The highest BCUT2D eigenvalue weighted by atomic mass is 16.4. The Kier molecular flexibility index (Phi) is 5.08. The number of rotatable bonds is 4. The fourth-order valence-electron chi connectivity index (χ4n) is 3.50. The first-order chi connectivity index (χ1) is 12.0. The Bertz CT molecular complexity index is 776. The molecule has 1 saturated heterocycles. The third kappa shape index (κ3) is 3.85. The van der Waals surface area contributed by atoms with Gasteiger partial charge in [0, 0.05) is 24.0 Å². The summed E-state index contributed by atoms with van der Waals surface area (Å²) in [5.41, 5.74) is 2.61. The zero-order valence-electron chi connectivity index (χ0n) is 14.9. The molecule has 25 heavy (non-hydrogen) atoms. The van der Waals surface area contributed by atoms with Crippen molar-refractivity contribution in [2.75, 3.05) is 6.54 Å². The SMILES string of the molecule is Cc1nc(-c2cncc(C(=O)O)c2)cc([C@@H]2CCCCN2C(C)C)n1. The smallest absolute Gasteiger partial charge is 0.337 e. The molecule has 0 radical (unpaired) electrons. The molecule has 0 saturated carbocycles. The molecule has 0 bridgehead atoms. The van der Waals surface area contributed by atoms with Crippen molar-refractivity contribution in [1.29, 1.82) is 0 Å². The van der Waals surface area contributed by atoms with Crippen molar-refractivity contribution in [1.82, 2.24) is 19.9 Å². The minimum atomic E-state index is -0.987. The van der Waals surface area contributed by atoms with Gasteiger partial charge in [0.2, 0.25) is 0 Å². The highest BCUT2D eigenvalue weighted by Crippen LogP contribution is 2.33. The van der Waals surface area contributed by atoms with Gasteiger partial charge in [-0.3, -0.25) is 9.88 Å². The van der Waals surface area contributed by atoms with Crippen LogP contribution >= 0.6 is 0 Å². The van der Waals surface area contributed by atoms with E-state index in [1.165, 1.54) is 19.0 Å². The van der Waals surface area contributed by atoms with Crippen LogP contribution in [0.15, 0.2) is 24.5 Å². The number of aryl methyl sites for hydroxylation is 1. The summed E-state index contributed by atoms with van der Waals surface area (Å²) in [6.45, 7) is 7.39. The predicted molar refractivity (Wildman–Crippen MR) is 95.4 cm³/mol. The Balaban J connectivity index is 2.01. The molecule has 0 spiro atoms. The van der Waals surface area contributed by atoms with Crippen LogP contribution in [0.2, 0.25) is 0 Å². The summed E-state index contributed by atoms with van der Waals surface area (Å²) in [6.07, 6.45) is 6.50. The van der Waals surface area contributed by atoms with E-state index in [1.54, 1.807) is 12.3 Å². The molecule has 3 rings (SSSR count). The van der Waals surface area contributed by atoms with Gasteiger partial charge in [0.15, 0.2) is 0 Å². The lowest BCUT2D eigenvalue weighted by molar-refractivity contribution is 0.0696. The monoisotopic (exact) mass is 340 g/mol. The van der Waals surface area contributed by atoms with Gasteiger partial charge in [-0.2, -0.15) is 0 Å². The first kappa shape index (κ1) is 17.5. The van der Waals surface area contributed by atoms with Crippen molar-refractivity contribution in [3.05, 3.63) is 41.6 Å².